The predicted molar refractivity (Wildman–Crippen MR) is 95.7 cm³/mol. The summed E-state index contributed by atoms with van der Waals surface area (Å²) in [6.45, 7) is 4.86. The molecule has 1 aromatic carbocycles. The van der Waals surface area contributed by atoms with Crippen LogP contribution in [0.5, 0.6) is 0 Å². The van der Waals surface area contributed by atoms with Crippen LogP contribution in [0.3, 0.4) is 0 Å². The van der Waals surface area contributed by atoms with Gasteiger partial charge in [-0.15, -0.1) is 0 Å². The van der Waals surface area contributed by atoms with E-state index >= 15 is 0 Å². The molecule has 3 aromatic rings. The number of rotatable bonds is 4. The molecule has 1 atom stereocenters. The van der Waals surface area contributed by atoms with E-state index in [1.165, 1.54) is 5.56 Å². The van der Waals surface area contributed by atoms with E-state index in [0.29, 0.717) is 18.9 Å². The van der Waals surface area contributed by atoms with Crippen molar-refractivity contribution in [3.63, 3.8) is 0 Å². The molecule has 0 spiro atoms. The molecular formula is C20H21N3O2. The van der Waals surface area contributed by atoms with Crippen molar-refractivity contribution in [2.24, 2.45) is 0 Å². The lowest BCUT2D eigenvalue weighted by Gasteiger charge is -2.24. The summed E-state index contributed by atoms with van der Waals surface area (Å²) in [4.78, 5) is 12.3. The van der Waals surface area contributed by atoms with Gasteiger partial charge in [-0.1, -0.05) is 38.1 Å². The molecule has 0 saturated carbocycles. The molecule has 128 valence electrons. The third kappa shape index (κ3) is 2.97. The molecule has 0 saturated heterocycles. The number of carbonyl (C=O) groups excluding carboxylic acids is 1. The lowest BCUT2D eigenvalue weighted by Crippen LogP contribution is -2.25. The fourth-order valence-corrected chi connectivity index (χ4v) is 3.35. The maximum Gasteiger partial charge on any atom is 0.226 e. The average molecular weight is 335 g/mol. The minimum atomic E-state index is 0.0200. The number of aromatic nitrogens is 2. The SMILES string of the molecule is CC(C)c1ccc([C@@H]2CC(=O)Nc3c2cnn3Cc2ccco2)cc1. The normalized spacial score (nSPS) is 16.8. The van der Waals surface area contributed by atoms with Crippen molar-refractivity contribution in [1.29, 1.82) is 0 Å². The molecular weight excluding hydrogens is 314 g/mol. The number of fused-ring (bicyclic) bond motifs is 1. The van der Waals surface area contributed by atoms with Gasteiger partial charge < -0.3 is 9.73 Å². The summed E-state index contributed by atoms with van der Waals surface area (Å²) < 4.78 is 7.19. The van der Waals surface area contributed by atoms with E-state index in [1.54, 1.807) is 10.9 Å². The second-order valence-electron chi connectivity index (χ2n) is 6.81. The third-order valence-corrected chi connectivity index (χ3v) is 4.78. The molecule has 0 fully saturated rings. The second kappa shape index (κ2) is 6.24. The van der Waals surface area contributed by atoms with Crippen LogP contribution in [0.2, 0.25) is 0 Å². The van der Waals surface area contributed by atoms with Crippen molar-refractivity contribution in [1.82, 2.24) is 9.78 Å². The smallest absolute Gasteiger partial charge is 0.226 e. The highest BCUT2D eigenvalue weighted by atomic mass is 16.3. The van der Waals surface area contributed by atoms with Crippen LogP contribution in [-0.2, 0) is 11.3 Å². The van der Waals surface area contributed by atoms with Crippen molar-refractivity contribution in [2.45, 2.75) is 38.6 Å². The highest BCUT2D eigenvalue weighted by molar-refractivity contribution is 5.94. The summed E-state index contributed by atoms with van der Waals surface area (Å²) in [5.41, 5.74) is 3.51. The van der Waals surface area contributed by atoms with E-state index in [4.69, 9.17) is 4.42 Å². The van der Waals surface area contributed by atoms with Crippen molar-refractivity contribution in [3.8, 4) is 0 Å². The topological polar surface area (TPSA) is 60.1 Å². The lowest BCUT2D eigenvalue weighted by molar-refractivity contribution is -0.116. The van der Waals surface area contributed by atoms with Crippen LogP contribution in [0.25, 0.3) is 0 Å². The van der Waals surface area contributed by atoms with Gasteiger partial charge in [0.15, 0.2) is 0 Å². The van der Waals surface area contributed by atoms with Gasteiger partial charge in [0.05, 0.1) is 12.5 Å². The first-order valence-corrected chi connectivity index (χ1v) is 8.59. The van der Waals surface area contributed by atoms with E-state index in [-0.39, 0.29) is 11.8 Å². The molecule has 0 bridgehead atoms. The number of furan rings is 1. The summed E-state index contributed by atoms with van der Waals surface area (Å²) >= 11 is 0. The van der Waals surface area contributed by atoms with E-state index < -0.39 is 0 Å². The highest BCUT2D eigenvalue weighted by Crippen LogP contribution is 2.37. The maximum absolute atomic E-state index is 12.3. The van der Waals surface area contributed by atoms with Crippen LogP contribution >= 0.6 is 0 Å². The van der Waals surface area contributed by atoms with Gasteiger partial charge in [-0.2, -0.15) is 5.10 Å². The Morgan fingerprint density at radius 3 is 2.76 bits per heavy atom. The van der Waals surface area contributed by atoms with Gasteiger partial charge in [-0.25, -0.2) is 4.68 Å². The zero-order valence-corrected chi connectivity index (χ0v) is 14.4. The standard InChI is InChI=1S/C20H21N3O2/c1-13(2)14-5-7-15(8-6-14)17-10-19(24)22-20-18(17)11-21-23(20)12-16-4-3-9-25-16/h3-9,11,13,17H,10,12H2,1-2H3,(H,22,24)/t17-/m0/s1. The fraction of sp³-hybridized carbons (Fsp3) is 0.300. The summed E-state index contributed by atoms with van der Waals surface area (Å²) in [6.07, 6.45) is 3.95. The molecule has 0 radical (unpaired) electrons. The first kappa shape index (κ1) is 15.7. The van der Waals surface area contributed by atoms with Crippen LogP contribution in [0.1, 0.15) is 54.6 Å². The Bertz CT molecular complexity index is 876. The van der Waals surface area contributed by atoms with Gasteiger partial charge >= 0.3 is 0 Å². The largest absolute Gasteiger partial charge is 0.467 e. The van der Waals surface area contributed by atoms with Crippen molar-refractivity contribution >= 4 is 11.7 Å². The predicted octanol–water partition coefficient (Wildman–Crippen LogP) is 4.12. The van der Waals surface area contributed by atoms with Crippen LogP contribution < -0.4 is 5.32 Å². The van der Waals surface area contributed by atoms with Crippen LogP contribution in [-0.4, -0.2) is 15.7 Å². The van der Waals surface area contributed by atoms with Gasteiger partial charge in [-0.05, 0) is 29.2 Å². The van der Waals surface area contributed by atoms with Gasteiger partial charge in [0.1, 0.15) is 18.1 Å². The molecule has 4 rings (SSSR count). The number of nitrogens with one attached hydrogen (secondary N) is 1. The van der Waals surface area contributed by atoms with Crippen LogP contribution in [0.15, 0.2) is 53.3 Å². The minimum Gasteiger partial charge on any atom is -0.467 e. The van der Waals surface area contributed by atoms with E-state index in [9.17, 15) is 4.79 Å². The van der Waals surface area contributed by atoms with E-state index in [2.05, 4.69) is 48.5 Å². The zero-order chi connectivity index (χ0) is 17.4. The Balaban J connectivity index is 1.68. The zero-order valence-electron chi connectivity index (χ0n) is 14.4. The minimum absolute atomic E-state index is 0.0200. The summed E-state index contributed by atoms with van der Waals surface area (Å²) in [5, 5.41) is 7.44. The molecule has 3 heterocycles. The molecule has 5 heteroatoms. The molecule has 2 aromatic heterocycles. The first-order chi connectivity index (χ1) is 12.1. The van der Waals surface area contributed by atoms with Crippen molar-refractivity contribution in [2.75, 3.05) is 5.32 Å². The fourth-order valence-electron chi connectivity index (χ4n) is 3.35. The quantitative estimate of drug-likeness (QED) is 0.780. The molecule has 5 nitrogen and oxygen atoms in total. The summed E-state index contributed by atoms with van der Waals surface area (Å²) in [5.74, 6) is 2.13. The Morgan fingerprint density at radius 2 is 2.08 bits per heavy atom. The van der Waals surface area contributed by atoms with E-state index in [1.807, 2.05) is 18.3 Å². The van der Waals surface area contributed by atoms with Gasteiger partial charge in [-0.3, -0.25) is 4.79 Å². The van der Waals surface area contributed by atoms with Gasteiger partial charge in [0.2, 0.25) is 5.91 Å². The van der Waals surface area contributed by atoms with Crippen LogP contribution in [0.4, 0.5) is 5.82 Å². The van der Waals surface area contributed by atoms with Crippen LogP contribution in [0, 0.1) is 0 Å². The first-order valence-electron chi connectivity index (χ1n) is 8.59. The van der Waals surface area contributed by atoms with Gasteiger partial charge in [0.25, 0.3) is 0 Å². The van der Waals surface area contributed by atoms with Crippen molar-refractivity contribution in [3.05, 3.63) is 71.3 Å². The molecule has 1 aliphatic heterocycles. The Hall–Kier alpha value is -2.82. The number of hydrogen-bond acceptors (Lipinski definition) is 3. The summed E-state index contributed by atoms with van der Waals surface area (Å²) in [7, 11) is 0. The van der Waals surface area contributed by atoms with E-state index in [0.717, 1.165) is 22.7 Å². The third-order valence-electron chi connectivity index (χ3n) is 4.78. The maximum atomic E-state index is 12.3. The monoisotopic (exact) mass is 335 g/mol. The van der Waals surface area contributed by atoms with Crippen molar-refractivity contribution < 1.29 is 9.21 Å². The molecule has 1 amide bonds. The number of hydrogen-bond donors (Lipinski definition) is 1. The molecule has 1 aliphatic rings. The average Bonchev–Trinajstić information content (AvgIpc) is 3.25. The Kier molecular flexibility index (Phi) is 3.92. The summed E-state index contributed by atoms with van der Waals surface area (Å²) in [6, 6.07) is 12.3. The Morgan fingerprint density at radius 1 is 1.28 bits per heavy atom. The van der Waals surface area contributed by atoms with Gasteiger partial charge in [0, 0.05) is 17.9 Å². The molecule has 25 heavy (non-hydrogen) atoms. The highest BCUT2D eigenvalue weighted by Gasteiger charge is 2.30. The Labute approximate surface area is 146 Å². The molecule has 0 aliphatic carbocycles. The number of anilines is 1. The molecule has 0 unspecified atom stereocenters. The number of benzene rings is 1. The molecule has 1 N–H and O–H groups in total. The second-order valence-corrected chi connectivity index (χ2v) is 6.81. The number of nitrogens with zero attached hydrogens (tertiary/aromatic N) is 2. The number of carbonyl (C=O) groups is 1. The lowest BCUT2D eigenvalue weighted by atomic mass is 9.86. The number of amides is 1.